The Morgan fingerprint density at radius 3 is 2.74 bits per heavy atom. The van der Waals surface area contributed by atoms with Gasteiger partial charge in [-0.15, -0.1) is 0 Å². The molecule has 0 aromatic carbocycles. The quantitative estimate of drug-likeness (QED) is 0.776. The lowest BCUT2D eigenvalue weighted by Crippen LogP contribution is -2.56. The highest BCUT2D eigenvalue weighted by Gasteiger charge is 2.35. The largest absolute Gasteiger partial charge is 0.327 e. The molecule has 4 unspecified atom stereocenters. The van der Waals surface area contributed by atoms with Gasteiger partial charge in [-0.05, 0) is 45.1 Å². The maximum atomic E-state index is 6.41. The van der Waals surface area contributed by atoms with Crippen LogP contribution in [-0.2, 0) is 0 Å². The van der Waals surface area contributed by atoms with Crippen LogP contribution in [0, 0.1) is 5.92 Å². The molecule has 19 heavy (non-hydrogen) atoms. The van der Waals surface area contributed by atoms with Crippen LogP contribution < -0.4 is 5.73 Å². The van der Waals surface area contributed by atoms with Crippen LogP contribution in [0.5, 0.6) is 0 Å². The first-order valence-electron chi connectivity index (χ1n) is 8.47. The van der Waals surface area contributed by atoms with Crippen molar-refractivity contribution in [1.82, 2.24) is 9.80 Å². The van der Waals surface area contributed by atoms with Gasteiger partial charge in [0.1, 0.15) is 0 Å². The van der Waals surface area contributed by atoms with Gasteiger partial charge in [0.2, 0.25) is 0 Å². The average Bonchev–Trinajstić information content (AvgIpc) is 2.74. The predicted molar refractivity (Wildman–Crippen MR) is 80.2 cm³/mol. The summed E-state index contributed by atoms with van der Waals surface area (Å²) in [6.45, 7) is 7.59. The molecule has 2 heterocycles. The number of fused-ring (bicyclic) bond motifs is 1. The van der Waals surface area contributed by atoms with Crippen molar-refractivity contribution in [2.24, 2.45) is 11.7 Å². The molecule has 0 bridgehead atoms. The summed E-state index contributed by atoms with van der Waals surface area (Å²) < 4.78 is 0. The predicted octanol–water partition coefficient (Wildman–Crippen LogP) is 2.06. The molecule has 1 saturated carbocycles. The van der Waals surface area contributed by atoms with E-state index in [0.29, 0.717) is 6.04 Å². The molecule has 2 saturated heterocycles. The maximum absolute atomic E-state index is 6.41. The zero-order valence-electron chi connectivity index (χ0n) is 12.6. The molecule has 0 radical (unpaired) electrons. The fourth-order valence-electron chi connectivity index (χ4n) is 4.44. The van der Waals surface area contributed by atoms with Crippen molar-refractivity contribution in [3.63, 3.8) is 0 Å². The Hall–Kier alpha value is -0.120. The van der Waals surface area contributed by atoms with E-state index in [9.17, 15) is 0 Å². The van der Waals surface area contributed by atoms with Crippen molar-refractivity contribution >= 4 is 0 Å². The summed E-state index contributed by atoms with van der Waals surface area (Å²) in [7, 11) is 0. The van der Waals surface area contributed by atoms with Gasteiger partial charge in [-0.3, -0.25) is 9.80 Å². The topological polar surface area (TPSA) is 32.5 Å². The lowest BCUT2D eigenvalue weighted by molar-refractivity contribution is 0.0441. The molecule has 0 aromatic heterocycles. The van der Waals surface area contributed by atoms with Crippen LogP contribution in [0.1, 0.15) is 51.9 Å². The van der Waals surface area contributed by atoms with Crippen molar-refractivity contribution in [2.75, 3.05) is 26.2 Å². The molecule has 110 valence electrons. The molecule has 0 aromatic rings. The highest BCUT2D eigenvalue weighted by Crippen LogP contribution is 2.28. The first kappa shape index (κ1) is 13.8. The van der Waals surface area contributed by atoms with E-state index in [-0.39, 0.29) is 0 Å². The van der Waals surface area contributed by atoms with E-state index in [1.54, 1.807) is 0 Å². The van der Waals surface area contributed by atoms with Crippen LogP contribution in [0.15, 0.2) is 0 Å². The van der Waals surface area contributed by atoms with E-state index in [4.69, 9.17) is 5.73 Å². The van der Waals surface area contributed by atoms with Gasteiger partial charge in [-0.2, -0.15) is 0 Å². The minimum absolute atomic E-state index is 0.455. The summed E-state index contributed by atoms with van der Waals surface area (Å²) in [5.74, 6) is 0.748. The van der Waals surface area contributed by atoms with Crippen molar-refractivity contribution in [3.05, 3.63) is 0 Å². The van der Waals surface area contributed by atoms with E-state index in [1.165, 1.54) is 71.1 Å². The molecule has 3 aliphatic rings. The second-order valence-corrected chi connectivity index (χ2v) is 7.16. The normalized spacial score (nSPS) is 42.0. The third-order valence-electron chi connectivity index (χ3n) is 5.75. The van der Waals surface area contributed by atoms with Crippen LogP contribution >= 0.6 is 0 Å². The Balaban J connectivity index is 1.58. The molecule has 3 fully saturated rings. The summed E-state index contributed by atoms with van der Waals surface area (Å²) in [6.07, 6.45) is 9.59. The molecule has 0 spiro atoms. The average molecular weight is 265 g/mol. The third-order valence-corrected chi connectivity index (χ3v) is 5.75. The fraction of sp³-hybridized carbons (Fsp3) is 1.00. The van der Waals surface area contributed by atoms with E-state index >= 15 is 0 Å². The van der Waals surface area contributed by atoms with Gasteiger partial charge < -0.3 is 5.73 Å². The lowest BCUT2D eigenvalue weighted by atomic mass is 9.93. The Kier molecular flexibility index (Phi) is 4.45. The number of nitrogens with zero attached hydrogens (tertiary/aromatic N) is 2. The third kappa shape index (κ3) is 3.14. The Morgan fingerprint density at radius 1 is 1.00 bits per heavy atom. The van der Waals surface area contributed by atoms with Gasteiger partial charge in [0, 0.05) is 37.8 Å². The van der Waals surface area contributed by atoms with Crippen molar-refractivity contribution in [2.45, 2.75) is 70.0 Å². The second kappa shape index (κ2) is 6.11. The zero-order valence-corrected chi connectivity index (χ0v) is 12.6. The van der Waals surface area contributed by atoms with Gasteiger partial charge in [-0.25, -0.2) is 0 Å². The Labute approximate surface area is 118 Å². The number of hydrogen-bond donors (Lipinski definition) is 1. The molecule has 3 nitrogen and oxygen atoms in total. The van der Waals surface area contributed by atoms with E-state index in [1.807, 2.05) is 0 Å². The molecule has 0 amide bonds. The van der Waals surface area contributed by atoms with Crippen LogP contribution in [0.3, 0.4) is 0 Å². The summed E-state index contributed by atoms with van der Waals surface area (Å²) in [5, 5.41) is 0. The van der Waals surface area contributed by atoms with Gasteiger partial charge in [0.15, 0.2) is 0 Å². The van der Waals surface area contributed by atoms with Crippen molar-refractivity contribution in [3.8, 4) is 0 Å². The first-order chi connectivity index (χ1) is 9.24. The van der Waals surface area contributed by atoms with E-state index in [0.717, 1.165) is 18.0 Å². The Bertz CT molecular complexity index is 294. The van der Waals surface area contributed by atoms with Gasteiger partial charge in [0.05, 0.1) is 0 Å². The smallest absolute Gasteiger partial charge is 0.0224 e. The van der Waals surface area contributed by atoms with Gasteiger partial charge in [-0.1, -0.05) is 19.3 Å². The summed E-state index contributed by atoms with van der Waals surface area (Å²) in [6, 6.07) is 2.03. The van der Waals surface area contributed by atoms with Crippen LogP contribution in [0.25, 0.3) is 0 Å². The summed E-state index contributed by atoms with van der Waals surface area (Å²) >= 11 is 0. The fourth-order valence-corrected chi connectivity index (χ4v) is 4.44. The number of hydrogen-bond acceptors (Lipinski definition) is 3. The number of rotatable bonds is 2. The zero-order chi connectivity index (χ0) is 13.2. The Morgan fingerprint density at radius 2 is 1.84 bits per heavy atom. The molecule has 3 heteroatoms. The molecule has 4 atom stereocenters. The maximum Gasteiger partial charge on any atom is 0.0224 e. The van der Waals surface area contributed by atoms with Crippen molar-refractivity contribution < 1.29 is 0 Å². The monoisotopic (exact) mass is 265 g/mol. The first-order valence-corrected chi connectivity index (χ1v) is 8.47. The molecule has 2 N–H and O–H groups in total. The highest BCUT2D eigenvalue weighted by atomic mass is 15.3. The number of piperazine rings is 1. The van der Waals surface area contributed by atoms with Crippen LogP contribution in [-0.4, -0.2) is 54.1 Å². The standard InChI is InChI=1S/C16H31N3/c1-13-10-18-9-5-7-15(18)12-19(13)11-14-6-3-2-4-8-16(14)17/h13-16H,2-12,17H2,1H3. The van der Waals surface area contributed by atoms with Crippen LogP contribution in [0.4, 0.5) is 0 Å². The molecular formula is C16H31N3. The minimum atomic E-state index is 0.455. The molecule has 1 aliphatic carbocycles. The molecule has 2 aliphatic heterocycles. The summed E-state index contributed by atoms with van der Waals surface area (Å²) in [5.41, 5.74) is 6.41. The summed E-state index contributed by atoms with van der Waals surface area (Å²) in [4.78, 5) is 5.47. The van der Waals surface area contributed by atoms with Gasteiger partial charge in [0.25, 0.3) is 0 Å². The van der Waals surface area contributed by atoms with Crippen LogP contribution in [0.2, 0.25) is 0 Å². The van der Waals surface area contributed by atoms with Gasteiger partial charge >= 0.3 is 0 Å². The second-order valence-electron chi connectivity index (χ2n) is 7.16. The van der Waals surface area contributed by atoms with E-state index < -0.39 is 0 Å². The SMILES string of the molecule is CC1CN2CCCC2CN1CC1CCCCCC1N. The highest BCUT2D eigenvalue weighted by molar-refractivity contribution is 4.92. The number of nitrogens with two attached hydrogens (primary N) is 1. The molecule has 3 rings (SSSR count). The minimum Gasteiger partial charge on any atom is -0.327 e. The lowest BCUT2D eigenvalue weighted by Gasteiger charge is -2.44. The molecular weight excluding hydrogens is 234 g/mol. The van der Waals surface area contributed by atoms with E-state index in [2.05, 4.69) is 16.7 Å². The van der Waals surface area contributed by atoms with Crippen molar-refractivity contribution in [1.29, 1.82) is 0 Å².